The highest BCUT2D eigenvalue weighted by atomic mass is 32.3. The lowest BCUT2D eigenvalue weighted by Crippen LogP contribution is -2.25. The molecule has 1 saturated heterocycles. The van der Waals surface area contributed by atoms with Crippen molar-refractivity contribution >= 4 is 37.0 Å². The molecular weight excluding hydrogens is 407 g/mol. The molecule has 0 amide bonds. The summed E-state index contributed by atoms with van der Waals surface area (Å²) < 4.78 is 86.9. The molecule has 1 aromatic carbocycles. The van der Waals surface area contributed by atoms with Crippen LogP contribution in [0.25, 0.3) is 4.13 Å². The van der Waals surface area contributed by atoms with Crippen molar-refractivity contribution in [1.82, 2.24) is 0 Å². The molecule has 13 heteroatoms. The second-order valence-corrected chi connectivity index (χ2v) is 10.4. The van der Waals surface area contributed by atoms with E-state index in [1.54, 1.807) is 11.1 Å². The molecule has 1 heterocycles. The number of rotatable bonds is 5. The average molecular weight is 419 g/mol. The van der Waals surface area contributed by atoms with Gasteiger partial charge in [-0.25, -0.2) is 16.8 Å². The van der Waals surface area contributed by atoms with Gasteiger partial charge in [0.15, 0.2) is 26.0 Å². The monoisotopic (exact) mass is 419 g/mol. The van der Waals surface area contributed by atoms with E-state index in [9.17, 15) is 34.8 Å². The van der Waals surface area contributed by atoms with Crippen LogP contribution in [0.4, 0.5) is 13.2 Å². The Balaban J connectivity index is 2.12. The van der Waals surface area contributed by atoms with E-state index in [0.29, 0.717) is 12.2 Å². The van der Waals surface area contributed by atoms with Crippen molar-refractivity contribution in [3.05, 3.63) is 28.4 Å². The van der Waals surface area contributed by atoms with Crippen molar-refractivity contribution in [2.45, 2.75) is 29.0 Å². The number of benzene rings is 1. The third-order valence-electron chi connectivity index (χ3n) is 3.26. The van der Waals surface area contributed by atoms with Gasteiger partial charge in [0.25, 0.3) is 0 Å². The smallest absolute Gasteiger partial charge is 0.395 e. The molecule has 7 nitrogen and oxygen atoms in total. The predicted octanol–water partition coefficient (Wildman–Crippen LogP) is 1.87. The van der Waals surface area contributed by atoms with Crippen molar-refractivity contribution < 1.29 is 39.0 Å². The van der Waals surface area contributed by atoms with Crippen molar-refractivity contribution in [3.8, 4) is 5.75 Å². The minimum Gasteiger partial charge on any atom is -0.395 e. The van der Waals surface area contributed by atoms with Gasteiger partial charge < -0.3 is 8.31 Å². The number of ketones is 1. The highest BCUT2D eigenvalue weighted by molar-refractivity contribution is 8.10. The number of Topliss-reactive ketones (excluding diaryl/α,β-unsaturated/α-hetero) is 1. The maximum absolute atomic E-state index is 12.2. The van der Waals surface area contributed by atoms with Gasteiger partial charge in [0.05, 0.1) is 6.42 Å². The molecule has 2 rings (SSSR count). The summed E-state index contributed by atoms with van der Waals surface area (Å²) in [4.78, 5) is 12.3. The molecule has 0 saturated carbocycles. The van der Waals surface area contributed by atoms with E-state index in [4.69, 9.17) is 0 Å². The van der Waals surface area contributed by atoms with Gasteiger partial charge in [0, 0.05) is 10.9 Å². The molecule has 0 aliphatic carbocycles. The summed E-state index contributed by atoms with van der Waals surface area (Å²) in [7, 11) is -11.9. The molecule has 140 valence electrons. The maximum Gasteiger partial charge on any atom is 0.480 e. The molecule has 25 heavy (non-hydrogen) atoms. The van der Waals surface area contributed by atoms with Gasteiger partial charge in [-0.3, -0.25) is 4.79 Å². The van der Waals surface area contributed by atoms with Crippen LogP contribution < -0.4 is 4.18 Å². The number of sulfonamides is 1. The highest BCUT2D eigenvalue weighted by Gasteiger charge is 2.42. The molecule has 1 fully saturated rings. The predicted molar refractivity (Wildman–Crippen MR) is 83.9 cm³/mol. The molecule has 1 aromatic rings. The first-order chi connectivity index (χ1) is 11.3. The quantitative estimate of drug-likeness (QED) is 0.674. The molecule has 0 bridgehead atoms. The van der Waals surface area contributed by atoms with Gasteiger partial charge in [-0.2, -0.15) is 13.2 Å². The maximum atomic E-state index is 12.2. The standard InChI is InChI=1S/C12H12F3NO6S3/c1-8-11(17)6-7-23(8)10-4-2-9(3-5-10)22-25(20,21)16-24(18,19)12(13,14)15/h2-5,8H,6-7H2,1H3. The number of hydrogen-bond acceptors (Lipinski definition) is 6. The van der Waals surface area contributed by atoms with E-state index in [1.807, 2.05) is 0 Å². The van der Waals surface area contributed by atoms with E-state index in [-0.39, 0.29) is 21.9 Å². The van der Waals surface area contributed by atoms with Crippen molar-refractivity contribution in [1.29, 1.82) is 0 Å². The summed E-state index contributed by atoms with van der Waals surface area (Å²) in [5.74, 6) is 0.395. The van der Waals surface area contributed by atoms with Crippen LogP contribution in [0.1, 0.15) is 13.3 Å². The second kappa shape index (κ2) is 6.78. The van der Waals surface area contributed by atoms with Gasteiger partial charge in [-0.1, -0.05) is 0 Å². The zero-order valence-corrected chi connectivity index (χ0v) is 15.0. The van der Waals surface area contributed by atoms with Gasteiger partial charge in [-0.05, 0) is 31.2 Å². The van der Waals surface area contributed by atoms with Crippen LogP contribution in [-0.4, -0.2) is 39.1 Å². The van der Waals surface area contributed by atoms with Crippen LogP contribution in [0.2, 0.25) is 0 Å². The Bertz CT molecular complexity index is 864. The topological polar surface area (TPSA) is 109 Å². The third-order valence-corrected chi connectivity index (χ3v) is 8.40. The lowest BCUT2D eigenvalue weighted by atomic mass is 10.2. The van der Waals surface area contributed by atoms with Crippen LogP contribution in [0.5, 0.6) is 5.75 Å². The Morgan fingerprint density at radius 1 is 1.16 bits per heavy atom. The van der Waals surface area contributed by atoms with Gasteiger partial charge >= 0.3 is 5.51 Å². The summed E-state index contributed by atoms with van der Waals surface area (Å²) in [6.07, 6.45) is 0.449. The summed E-state index contributed by atoms with van der Waals surface area (Å²) >= 11 is 0. The molecule has 1 aliphatic rings. The fourth-order valence-electron chi connectivity index (χ4n) is 2.04. The average Bonchev–Trinajstić information content (AvgIpc) is 2.77. The van der Waals surface area contributed by atoms with Crippen LogP contribution in [-0.2, 0) is 36.0 Å². The van der Waals surface area contributed by atoms with Crippen molar-refractivity contribution in [3.63, 3.8) is 0 Å². The summed E-state index contributed by atoms with van der Waals surface area (Å²) in [6, 6.07) is 5.26. The molecular formula is C12H12F3NO6S3. The molecule has 0 spiro atoms. The molecule has 2 unspecified atom stereocenters. The Hall–Kier alpha value is -1.31. The zero-order chi connectivity index (χ0) is 19.0. The molecule has 0 aromatic heterocycles. The van der Waals surface area contributed by atoms with Crippen LogP contribution in [0.3, 0.4) is 0 Å². The molecule has 0 N–H and O–H groups in total. The molecule has 1 aliphatic heterocycles. The van der Waals surface area contributed by atoms with Gasteiger partial charge in [-0.15, -0.1) is 0 Å². The molecule has 2 atom stereocenters. The van der Waals surface area contributed by atoms with Crippen LogP contribution >= 0.6 is 0 Å². The minimum atomic E-state index is -6.23. The number of carbonyl (C=O) groups is 1. The summed E-state index contributed by atoms with van der Waals surface area (Å²) in [5.41, 5.74) is -5.85. The number of halogens is 3. The first kappa shape index (κ1) is 20.0. The highest BCUT2D eigenvalue weighted by Crippen LogP contribution is 2.32. The SMILES string of the molecule is CC1C(=O)CC[S+]1c1ccc(OS(=O)(=O)[N-]S(=O)(=O)C(F)(F)F)cc1. The first-order valence-corrected chi connectivity index (χ1v) is 10.9. The second-order valence-electron chi connectivity index (χ2n) is 4.97. The number of carbonyl (C=O) groups excluding carboxylic acids is 1. The van der Waals surface area contributed by atoms with E-state index < -0.39 is 31.6 Å². The normalized spacial score (nSPS) is 22.2. The fourth-order valence-corrected chi connectivity index (χ4v) is 6.16. The van der Waals surface area contributed by atoms with E-state index >= 15 is 0 Å². The largest absolute Gasteiger partial charge is 0.480 e. The third kappa shape index (κ3) is 4.65. The Morgan fingerprint density at radius 3 is 2.16 bits per heavy atom. The first-order valence-electron chi connectivity index (χ1n) is 6.65. The zero-order valence-electron chi connectivity index (χ0n) is 12.6. The minimum absolute atomic E-state index is 0.127. The molecule has 0 radical (unpaired) electrons. The van der Waals surface area contributed by atoms with Crippen molar-refractivity contribution in [2.75, 3.05) is 5.75 Å². The van der Waals surface area contributed by atoms with Crippen LogP contribution in [0.15, 0.2) is 29.2 Å². The number of hydrogen-bond donors (Lipinski definition) is 0. The Kier molecular flexibility index (Phi) is 5.42. The van der Waals surface area contributed by atoms with Gasteiger partial charge in [0.1, 0.15) is 11.5 Å². The number of nitrogens with zero attached hydrogens (tertiary/aromatic N) is 1. The summed E-state index contributed by atoms with van der Waals surface area (Å²) in [6.45, 7) is 1.79. The van der Waals surface area contributed by atoms with E-state index in [2.05, 4.69) is 4.18 Å². The van der Waals surface area contributed by atoms with E-state index in [1.165, 1.54) is 12.1 Å². The Labute approximate surface area is 145 Å². The van der Waals surface area contributed by atoms with Crippen molar-refractivity contribution in [2.24, 2.45) is 0 Å². The number of alkyl halides is 3. The van der Waals surface area contributed by atoms with Gasteiger partial charge in [0.2, 0.25) is 10.3 Å². The lowest BCUT2D eigenvalue weighted by molar-refractivity contribution is -0.117. The lowest BCUT2D eigenvalue weighted by Gasteiger charge is -2.21. The van der Waals surface area contributed by atoms with E-state index in [0.717, 1.165) is 17.0 Å². The van der Waals surface area contributed by atoms with Crippen LogP contribution in [0, 0.1) is 0 Å². The fraction of sp³-hybridized carbons (Fsp3) is 0.417. The Morgan fingerprint density at radius 2 is 1.72 bits per heavy atom. The summed E-state index contributed by atoms with van der Waals surface area (Å²) in [5, 5.41) is -0.164.